The molecule has 1 N–H and O–H groups in total. The van der Waals surface area contributed by atoms with Crippen molar-refractivity contribution in [2.24, 2.45) is 5.92 Å². The monoisotopic (exact) mass is 280 g/mol. The molecule has 0 fully saturated rings. The molecule has 0 spiro atoms. The molecule has 0 bridgehead atoms. The van der Waals surface area contributed by atoms with Crippen molar-refractivity contribution < 1.29 is 25.6 Å². The Balaban J connectivity index is 4.77. The van der Waals surface area contributed by atoms with Crippen LogP contribution in [0.5, 0.6) is 0 Å². The smallest absolute Gasteiger partial charge is 0.269 e. The van der Waals surface area contributed by atoms with Crippen LogP contribution < -0.4 is 0 Å². The highest BCUT2D eigenvalue weighted by molar-refractivity contribution is 7.87. The maximum Gasteiger partial charge on any atom is 0.269 e. The second kappa shape index (κ2) is 6.62. The number of hydrogen-bond donors (Lipinski definition) is 1. The molecule has 0 saturated heterocycles. The van der Waals surface area contributed by atoms with Crippen LogP contribution in [0, 0.1) is 30.1 Å². The molecule has 6 nitrogen and oxygen atoms in total. The molecule has 0 aliphatic rings. The first-order valence-electron chi connectivity index (χ1n) is 4.38. The highest BCUT2D eigenvalue weighted by Gasteiger charge is 2.22. The average molecular weight is 280 g/mol. The summed E-state index contributed by atoms with van der Waals surface area (Å²) in [4.78, 5) is 0. The Kier molecular flexibility index (Phi) is 6.21. The molecule has 96 valence electrons. The van der Waals surface area contributed by atoms with E-state index < -0.39 is 44.3 Å². The van der Waals surface area contributed by atoms with Crippen LogP contribution in [0.25, 0.3) is 0 Å². The van der Waals surface area contributed by atoms with E-state index in [1.54, 1.807) is 0 Å². The Hall–Kier alpha value is -1.06. The van der Waals surface area contributed by atoms with E-state index in [1.165, 1.54) is 6.92 Å². The van der Waals surface area contributed by atoms with Gasteiger partial charge in [-0.1, -0.05) is 11.8 Å². The van der Waals surface area contributed by atoms with Gasteiger partial charge in [-0.05, 0) is 6.92 Å². The lowest BCUT2D eigenvalue weighted by atomic mass is 10.2. The van der Waals surface area contributed by atoms with Gasteiger partial charge in [0.25, 0.3) is 20.2 Å². The zero-order valence-electron chi connectivity index (χ0n) is 9.08. The van der Waals surface area contributed by atoms with Gasteiger partial charge in [-0.3, -0.25) is 8.74 Å². The Morgan fingerprint density at radius 1 is 1.29 bits per heavy atom. The van der Waals surface area contributed by atoms with Crippen molar-refractivity contribution in [3.05, 3.63) is 0 Å². The second-order valence-corrected chi connectivity index (χ2v) is 6.21. The van der Waals surface area contributed by atoms with Gasteiger partial charge in [0, 0.05) is 0 Å². The van der Waals surface area contributed by atoms with Crippen LogP contribution in [0.2, 0.25) is 0 Å². The quantitative estimate of drug-likeness (QED) is 0.400. The van der Waals surface area contributed by atoms with Crippen molar-refractivity contribution in [2.75, 3.05) is 18.1 Å². The lowest BCUT2D eigenvalue weighted by Gasteiger charge is -2.08. The van der Waals surface area contributed by atoms with Crippen molar-refractivity contribution in [1.82, 2.24) is 0 Å². The molecule has 0 aliphatic carbocycles. The summed E-state index contributed by atoms with van der Waals surface area (Å²) >= 11 is 0. The first kappa shape index (κ1) is 15.9. The summed E-state index contributed by atoms with van der Waals surface area (Å²) in [5.74, 6) is 4.25. The molecular formula is C9H12O6S2. The molecule has 0 aliphatic heterocycles. The third-order valence-corrected chi connectivity index (χ3v) is 3.60. The molecule has 0 radical (unpaired) electrons. The predicted octanol–water partition coefficient (Wildman–Crippen LogP) is -0.507. The molecule has 1 unspecified atom stereocenters. The van der Waals surface area contributed by atoms with Crippen molar-refractivity contribution in [1.29, 1.82) is 0 Å². The zero-order valence-corrected chi connectivity index (χ0v) is 10.7. The third-order valence-electron chi connectivity index (χ3n) is 1.49. The van der Waals surface area contributed by atoms with E-state index in [4.69, 9.17) is 11.0 Å². The van der Waals surface area contributed by atoms with E-state index in [2.05, 4.69) is 16.0 Å². The van der Waals surface area contributed by atoms with Gasteiger partial charge in [-0.15, -0.1) is 12.3 Å². The first-order valence-corrected chi connectivity index (χ1v) is 7.57. The van der Waals surface area contributed by atoms with E-state index in [9.17, 15) is 16.8 Å². The van der Waals surface area contributed by atoms with Crippen molar-refractivity contribution in [2.45, 2.75) is 6.92 Å². The molecule has 8 heteroatoms. The standard InChI is InChI=1S/C9H12O6S2/c1-3-5-9(7-16(10,11)12)8-17(13,14)15-6-4-2/h2,9H,6-8H2,1H3,(H,10,11,12). The second-order valence-electron chi connectivity index (χ2n) is 3.03. The van der Waals surface area contributed by atoms with Gasteiger partial charge in [0.05, 0.1) is 17.4 Å². The van der Waals surface area contributed by atoms with E-state index >= 15 is 0 Å². The number of terminal acetylenes is 1. The van der Waals surface area contributed by atoms with E-state index in [0.717, 1.165) is 0 Å². The summed E-state index contributed by atoms with van der Waals surface area (Å²) in [7, 11) is -8.26. The fraction of sp³-hybridized carbons (Fsp3) is 0.556. The van der Waals surface area contributed by atoms with Crippen LogP contribution in [0.15, 0.2) is 0 Å². The fourth-order valence-corrected chi connectivity index (χ4v) is 2.90. The summed E-state index contributed by atoms with van der Waals surface area (Å²) in [5, 5.41) is 0. The van der Waals surface area contributed by atoms with E-state index in [-0.39, 0.29) is 0 Å². The zero-order chi connectivity index (χ0) is 13.5. The molecule has 0 rings (SSSR count). The van der Waals surface area contributed by atoms with Crippen LogP contribution in [-0.2, 0) is 24.4 Å². The van der Waals surface area contributed by atoms with Crippen LogP contribution >= 0.6 is 0 Å². The maximum absolute atomic E-state index is 11.3. The highest BCUT2D eigenvalue weighted by atomic mass is 32.2. The number of rotatable bonds is 6. The average Bonchev–Trinajstić information content (AvgIpc) is 2.12. The predicted molar refractivity (Wildman–Crippen MR) is 61.9 cm³/mol. The molecule has 0 aromatic carbocycles. The van der Waals surface area contributed by atoms with Gasteiger partial charge < -0.3 is 0 Å². The van der Waals surface area contributed by atoms with E-state index in [0.29, 0.717) is 0 Å². The van der Waals surface area contributed by atoms with Crippen molar-refractivity contribution in [3.63, 3.8) is 0 Å². The van der Waals surface area contributed by atoms with Gasteiger partial charge in [-0.2, -0.15) is 16.8 Å². The summed E-state index contributed by atoms with van der Waals surface area (Å²) in [6, 6.07) is 0. The molecule has 0 saturated carbocycles. The normalized spacial score (nSPS) is 13.2. The Bertz CT molecular complexity index is 541. The fourth-order valence-electron chi connectivity index (χ4n) is 1.01. The SMILES string of the molecule is C#CCOS(=O)(=O)CC(C#CC)CS(=O)(=O)O. The highest BCUT2D eigenvalue weighted by Crippen LogP contribution is 2.06. The molecule has 0 aromatic heterocycles. The lowest BCUT2D eigenvalue weighted by Crippen LogP contribution is -2.24. The summed E-state index contributed by atoms with van der Waals surface area (Å²) in [6.45, 7) is 0.992. The summed E-state index contributed by atoms with van der Waals surface area (Å²) in [6.07, 6.45) is 4.82. The number of hydrogen-bond acceptors (Lipinski definition) is 5. The molecule has 0 aromatic rings. The Morgan fingerprint density at radius 2 is 1.88 bits per heavy atom. The minimum absolute atomic E-state index is 0.430. The van der Waals surface area contributed by atoms with Crippen LogP contribution in [0.3, 0.4) is 0 Å². The van der Waals surface area contributed by atoms with Crippen LogP contribution in [-0.4, -0.2) is 39.5 Å². The minimum atomic E-state index is -4.30. The van der Waals surface area contributed by atoms with Crippen molar-refractivity contribution >= 4 is 20.2 Å². The topological polar surface area (TPSA) is 97.7 Å². The van der Waals surface area contributed by atoms with Gasteiger partial charge >= 0.3 is 0 Å². The third kappa shape index (κ3) is 8.72. The molecular weight excluding hydrogens is 268 g/mol. The molecule has 0 heterocycles. The maximum atomic E-state index is 11.3. The largest absolute Gasteiger partial charge is 0.286 e. The lowest BCUT2D eigenvalue weighted by molar-refractivity contribution is 0.361. The molecule has 17 heavy (non-hydrogen) atoms. The molecule has 0 amide bonds. The van der Waals surface area contributed by atoms with Gasteiger partial charge in [-0.25, -0.2) is 0 Å². The summed E-state index contributed by atoms with van der Waals surface area (Å²) < 4.78 is 56.9. The summed E-state index contributed by atoms with van der Waals surface area (Å²) in [5.41, 5.74) is 0. The Labute approximate surface area is 101 Å². The van der Waals surface area contributed by atoms with Crippen molar-refractivity contribution in [3.8, 4) is 24.2 Å². The van der Waals surface area contributed by atoms with Gasteiger partial charge in [0.1, 0.15) is 6.61 Å². The first-order chi connectivity index (χ1) is 7.70. The van der Waals surface area contributed by atoms with Gasteiger partial charge in [0.15, 0.2) is 0 Å². The van der Waals surface area contributed by atoms with E-state index in [1.807, 2.05) is 5.92 Å². The van der Waals surface area contributed by atoms with Crippen LogP contribution in [0.1, 0.15) is 6.92 Å². The Morgan fingerprint density at radius 3 is 2.29 bits per heavy atom. The van der Waals surface area contributed by atoms with Gasteiger partial charge in [0.2, 0.25) is 0 Å². The minimum Gasteiger partial charge on any atom is -0.286 e. The van der Waals surface area contributed by atoms with Crippen LogP contribution in [0.4, 0.5) is 0 Å². The molecule has 1 atom stereocenters.